The largest absolute Gasteiger partial charge is 0.344 e. The van der Waals surface area contributed by atoms with Crippen molar-refractivity contribution in [3.63, 3.8) is 0 Å². The normalized spacial score (nSPS) is 18.1. The molecule has 2 heterocycles. The second-order valence-electron chi connectivity index (χ2n) is 8.79. The van der Waals surface area contributed by atoms with E-state index in [4.69, 9.17) is 0 Å². The van der Waals surface area contributed by atoms with E-state index in [2.05, 4.69) is 15.1 Å². The fourth-order valence-corrected chi connectivity index (χ4v) is 4.86. The Hall–Kier alpha value is -2.96. The Bertz CT molecular complexity index is 1120. The number of halogens is 2. The fourth-order valence-electron chi connectivity index (χ4n) is 4.86. The number of aromatic amines is 1. The van der Waals surface area contributed by atoms with Gasteiger partial charge in [-0.3, -0.25) is 9.89 Å². The average molecular weight is 424 g/mol. The molecule has 0 radical (unpaired) electrons. The van der Waals surface area contributed by atoms with Crippen LogP contribution < -0.4 is 0 Å². The third-order valence-corrected chi connectivity index (χ3v) is 6.74. The minimum atomic E-state index is -0.571. The Morgan fingerprint density at radius 3 is 2.65 bits per heavy atom. The maximum atomic E-state index is 14.2. The Kier molecular flexibility index (Phi) is 4.91. The topological polar surface area (TPSA) is 53.9 Å². The van der Waals surface area contributed by atoms with Gasteiger partial charge in [0.2, 0.25) is 0 Å². The first-order valence-electron chi connectivity index (χ1n) is 10.9. The van der Waals surface area contributed by atoms with Crippen LogP contribution in [0.15, 0.2) is 30.5 Å². The monoisotopic (exact) mass is 424 g/mol. The summed E-state index contributed by atoms with van der Waals surface area (Å²) in [4.78, 5) is 15.8. The summed E-state index contributed by atoms with van der Waals surface area (Å²) in [5.41, 5.74) is 4.57. The lowest BCUT2D eigenvalue weighted by molar-refractivity contribution is 0.0642. The lowest BCUT2D eigenvalue weighted by Crippen LogP contribution is -2.45. The summed E-state index contributed by atoms with van der Waals surface area (Å²) in [6, 6.07) is 6.18. The summed E-state index contributed by atoms with van der Waals surface area (Å²) in [6.07, 6.45) is 6.54. The van der Waals surface area contributed by atoms with Crippen molar-refractivity contribution in [2.45, 2.75) is 64.6 Å². The predicted octanol–water partition coefficient (Wildman–Crippen LogP) is 4.32. The average Bonchev–Trinajstić information content (AvgIpc) is 3.38. The SMILES string of the molecule is Cc1cc(C(=O)N(C2CC2)C2CCc3[nH]ncc3C2)c(C)n1Cc1c(F)cccc1F. The van der Waals surface area contributed by atoms with E-state index in [1.54, 1.807) is 0 Å². The molecule has 0 aliphatic heterocycles. The van der Waals surface area contributed by atoms with Crippen LogP contribution in [0.5, 0.6) is 0 Å². The van der Waals surface area contributed by atoms with Gasteiger partial charge >= 0.3 is 0 Å². The summed E-state index contributed by atoms with van der Waals surface area (Å²) in [5, 5.41) is 7.21. The van der Waals surface area contributed by atoms with Crippen LogP contribution in [0.25, 0.3) is 0 Å². The zero-order chi connectivity index (χ0) is 21.7. The molecule has 1 atom stereocenters. The van der Waals surface area contributed by atoms with Crippen molar-refractivity contribution >= 4 is 5.91 Å². The van der Waals surface area contributed by atoms with Gasteiger partial charge in [-0.05, 0) is 69.7 Å². The molecule has 0 spiro atoms. The van der Waals surface area contributed by atoms with Gasteiger partial charge in [0, 0.05) is 34.7 Å². The highest BCUT2D eigenvalue weighted by molar-refractivity contribution is 5.96. The first kappa shape index (κ1) is 20.0. The van der Waals surface area contributed by atoms with Crippen molar-refractivity contribution in [3.8, 4) is 0 Å². The zero-order valence-corrected chi connectivity index (χ0v) is 17.8. The highest BCUT2D eigenvalue weighted by atomic mass is 19.1. The van der Waals surface area contributed by atoms with Crippen LogP contribution in [0.3, 0.4) is 0 Å². The molecule has 5 rings (SSSR count). The van der Waals surface area contributed by atoms with Gasteiger partial charge in [0.25, 0.3) is 5.91 Å². The van der Waals surface area contributed by atoms with Crippen molar-refractivity contribution in [2.24, 2.45) is 0 Å². The number of H-pyrrole nitrogens is 1. The summed E-state index contributed by atoms with van der Waals surface area (Å²) in [7, 11) is 0. The lowest BCUT2D eigenvalue weighted by Gasteiger charge is -2.34. The van der Waals surface area contributed by atoms with Crippen molar-refractivity contribution in [1.29, 1.82) is 0 Å². The van der Waals surface area contributed by atoms with Gasteiger partial charge in [-0.1, -0.05) is 6.07 Å². The Morgan fingerprint density at radius 1 is 1.19 bits per heavy atom. The van der Waals surface area contributed by atoms with E-state index in [0.29, 0.717) is 5.56 Å². The van der Waals surface area contributed by atoms with Crippen LogP contribution >= 0.6 is 0 Å². The molecule has 1 saturated carbocycles. The number of carbonyl (C=O) groups is 1. The summed E-state index contributed by atoms with van der Waals surface area (Å²) in [5.74, 6) is -1.12. The van der Waals surface area contributed by atoms with E-state index in [1.165, 1.54) is 29.5 Å². The highest BCUT2D eigenvalue weighted by Gasteiger charge is 2.40. The minimum absolute atomic E-state index is 0.0158. The molecule has 31 heavy (non-hydrogen) atoms. The van der Waals surface area contributed by atoms with Gasteiger partial charge in [-0.15, -0.1) is 0 Å². The van der Waals surface area contributed by atoms with E-state index in [-0.39, 0.29) is 30.1 Å². The summed E-state index contributed by atoms with van der Waals surface area (Å²) in [6.45, 7) is 3.80. The molecule has 3 aromatic rings. The number of nitrogens with one attached hydrogen (secondary N) is 1. The molecular formula is C24H26F2N4O. The molecule has 1 N–H and O–H groups in total. The van der Waals surface area contributed by atoms with Crippen LogP contribution in [0, 0.1) is 25.5 Å². The molecule has 0 saturated heterocycles. The standard InChI is InChI=1S/C24H26F2N4O/c1-14-10-19(15(2)29(14)13-20-21(25)4-3-5-22(20)26)24(31)30(17-6-7-17)18-8-9-23-16(11-18)12-27-28-23/h3-5,10,12,17-18H,6-9,11,13H2,1-2H3,(H,27,28). The van der Waals surface area contributed by atoms with Crippen molar-refractivity contribution in [1.82, 2.24) is 19.7 Å². The molecule has 1 unspecified atom stereocenters. The Morgan fingerprint density at radius 2 is 1.94 bits per heavy atom. The maximum Gasteiger partial charge on any atom is 0.256 e. The van der Waals surface area contributed by atoms with Gasteiger partial charge < -0.3 is 9.47 Å². The molecule has 2 aromatic heterocycles. The van der Waals surface area contributed by atoms with Gasteiger partial charge in [0.1, 0.15) is 11.6 Å². The Labute approximate surface area is 180 Å². The molecule has 1 amide bonds. The third kappa shape index (κ3) is 3.56. The lowest BCUT2D eigenvalue weighted by atomic mass is 9.92. The molecule has 5 nitrogen and oxygen atoms in total. The number of hydrogen-bond acceptors (Lipinski definition) is 2. The predicted molar refractivity (Wildman–Crippen MR) is 113 cm³/mol. The van der Waals surface area contributed by atoms with E-state index in [9.17, 15) is 13.6 Å². The molecule has 0 bridgehead atoms. The Balaban J connectivity index is 1.44. The number of fused-ring (bicyclic) bond motifs is 1. The molecular weight excluding hydrogens is 398 g/mol. The number of hydrogen-bond donors (Lipinski definition) is 1. The molecule has 2 aliphatic carbocycles. The minimum Gasteiger partial charge on any atom is -0.344 e. The number of nitrogens with zero attached hydrogens (tertiary/aromatic N) is 3. The van der Waals surface area contributed by atoms with Crippen molar-refractivity contribution in [2.75, 3.05) is 0 Å². The van der Waals surface area contributed by atoms with Crippen LogP contribution in [0.4, 0.5) is 8.78 Å². The van der Waals surface area contributed by atoms with Gasteiger partial charge in [-0.2, -0.15) is 5.10 Å². The quantitative estimate of drug-likeness (QED) is 0.663. The van der Waals surface area contributed by atoms with Crippen LogP contribution in [-0.4, -0.2) is 37.7 Å². The molecule has 1 fully saturated rings. The smallest absolute Gasteiger partial charge is 0.256 e. The fraction of sp³-hybridized carbons (Fsp3) is 0.417. The number of aromatic nitrogens is 3. The second kappa shape index (κ2) is 7.62. The van der Waals surface area contributed by atoms with Crippen LogP contribution in [-0.2, 0) is 19.4 Å². The first-order chi connectivity index (χ1) is 14.9. The highest BCUT2D eigenvalue weighted by Crippen LogP contribution is 2.35. The van der Waals surface area contributed by atoms with Crippen molar-refractivity contribution in [3.05, 3.63) is 75.9 Å². The third-order valence-electron chi connectivity index (χ3n) is 6.74. The number of benzene rings is 1. The van der Waals surface area contributed by atoms with E-state index < -0.39 is 11.6 Å². The van der Waals surface area contributed by atoms with E-state index in [0.717, 1.165) is 43.5 Å². The number of amides is 1. The van der Waals surface area contributed by atoms with Gasteiger partial charge in [0.15, 0.2) is 0 Å². The zero-order valence-electron chi connectivity index (χ0n) is 17.8. The summed E-state index contributed by atoms with van der Waals surface area (Å²) >= 11 is 0. The maximum absolute atomic E-state index is 14.2. The van der Waals surface area contributed by atoms with Crippen LogP contribution in [0.2, 0.25) is 0 Å². The number of carbonyl (C=O) groups excluding carboxylic acids is 1. The van der Waals surface area contributed by atoms with Gasteiger partial charge in [0.05, 0.1) is 18.3 Å². The van der Waals surface area contributed by atoms with Gasteiger partial charge in [-0.25, -0.2) is 8.78 Å². The molecule has 162 valence electrons. The number of rotatable bonds is 5. The van der Waals surface area contributed by atoms with Crippen molar-refractivity contribution < 1.29 is 13.6 Å². The molecule has 2 aliphatic rings. The molecule has 7 heteroatoms. The van der Waals surface area contributed by atoms with E-state index >= 15 is 0 Å². The second-order valence-corrected chi connectivity index (χ2v) is 8.79. The van der Waals surface area contributed by atoms with E-state index in [1.807, 2.05) is 30.7 Å². The van der Waals surface area contributed by atoms with Crippen LogP contribution in [0.1, 0.15) is 57.8 Å². The molecule has 1 aromatic carbocycles. The number of aryl methyl sites for hydroxylation is 2. The first-order valence-corrected chi connectivity index (χ1v) is 10.9. The summed E-state index contributed by atoms with van der Waals surface area (Å²) < 4.78 is 30.2.